The first-order chi connectivity index (χ1) is 9.79. The van der Waals surface area contributed by atoms with Crippen molar-refractivity contribution in [2.45, 2.75) is 42.5 Å². The van der Waals surface area contributed by atoms with Gasteiger partial charge in [0.05, 0.1) is 5.92 Å². The topological polar surface area (TPSA) is 55.1 Å². The molecule has 5 heteroatoms. The second kappa shape index (κ2) is 7.52. The van der Waals surface area contributed by atoms with E-state index in [1.165, 1.54) is 23.3 Å². The molecule has 0 bridgehead atoms. The predicted octanol–water partition coefficient (Wildman–Crippen LogP) is 2.93. The van der Waals surface area contributed by atoms with Crippen molar-refractivity contribution in [3.8, 4) is 0 Å². The van der Waals surface area contributed by atoms with E-state index in [1.54, 1.807) is 11.8 Å². The fourth-order valence-corrected chi connectivity index (χ4v) is 4.57. The summed E-state index contributed by atoms with van der Waals surface area (Å²) in [6.45, 7) is 0.681. The highest BCUT2D eigenvalue weighted by Crippen LogP contribution is 2.39. The zero-order chi connectivity index (χ0) is 13.9. The van der Waals surface area contributed by atoms with Crippen molar-refractivity contribution in [2.24, 2.45) is 11.7 Å². The second-order valence-corrected chi connectivity index (χ2v) is 6.86. The zero-order valence-electron chi connectivity index (χ0n) is 12.1. The summed E-state index contributed by atoms with van der Waals surface area (Å²) < 4.78 is 0. The second-order valence-electron chi connectivity index (χ2n) is 5.80. The molecule has 1 aromatic rings. The van der Waals surface area contributed by atoms with Gasteiger partial charge in [-0.15, -0.1) is 24.2 Å². The molecule has 1 aromatic carbocycles. The third-order valence-corrected chi connectivity index (χ3v) is 5.74. The number of amides is 1. The molecule has 1 amide bonds. The summed E-state index contributed by atoms with van der Waals surface area (Å²) in [7, 11) is 0. The van der Waals surface area contributed by atoms with Crippen molar-refractivity contribution in [3.63, 3.8) is 0 Å². The molecule has 21 heavy (non-hydrogen) atoms. The molecular weight excluding hydrogens is 304 g/mol. The standard InChI is InChI=1S/C16H22N2OS.ClH/c17-9-11-5-1-3-7-14(11)18-16(19)13-10-20-15-8-4-2-6-12(13)15;/h2,4,6,8,11,13-14H,1,3,5,7,9-10,17H2,(H,18,19);1H. The van der Waals surface area contributed by atoms with E-state index in [2.05, 4.69) is 17.4 Å². The molecule has 3 nitrogen and oxygen atoms in total. The molecular formula is C16H23ClN2OS. The minimum absolute atomic E-state index is 0. The quantitative estimate of drug-likeness (QED) is 0.898. The summed E-state index contributed by atoms with van der Waals surface area (Å²) >= 11 is 1.79. The van der Waals surface area contributed by atoms with Crippen LogP contribution in [-0.2, 0) is 4.79 Å². The van der Waals surface area contributed by atoms with E-state index in [1.807, 2.05) is 12.1 Å². The fourth-order valence-electron chi connectivity index (χ4n) is 3.34. The van der Waals surface area contributed by atoms with Gasteiger partial charge >= 0.3 is 0 Å². The summed E-state index contributed by atoms with van der Waals surface area (Å²) in [5.74, 6) is 1.52. The Kier molecular flexibility index (Phi) is 5.97. The van der Waals surface area contributed by atoms with Crippen LogP contribution in [0.1, 0.15) is 37.2 Å². The highest BCUT2D eigenvalue weighted by Gasteiger charge is 2.32. The van der Waals surface area contributed by atoms with Crippen LogP contribution < -0.4 is 11.1 Å². The Bertz CT molecular complexity index is 497. The molecule has 2 aliphatic rings. The molecule has 0 radical (unpaired) electrons. The van der Waals surface area contributed by atoms with E-state index in [-0.39, 0.29) is 30.3 Å². The van der Waals surface area contributed by atoms with Crippen LogP contribution in [-0.4, -0.2) is 24.2 Å². The number of fused-ring (bicyclic) bond motifs is 1. The normalized spacial score (nSPS) is 27.6. The first kappa shape index (κ1) is 16.7. The van der Waals surface area contributed by atoms with Crippen molar-refractivity contribution in [1.29, 1.82) is 0 Å². The molecule has 0 spiro atoms. The minimum atomic E-state index is 0. The summed E-state index contributed by atoms with van der Waals surface area (Å²) in [5, 5.41) is 3.27. The Labute approximate surface area is 136 Å². The molecule has 1 aliphatic carbocycles. The van der Waals surface area contributed by atoms with E-state index in [9.17, 15) is 4.79 Å². The maximum atomic E-state index is 12.6. The molecule has 3 rings (SSSR count). The fraction of sp³-hybridized carbons (Fsp3) is 0.562. The minimum Gasteiger partial charge on any atom is -0.352 e. The Morgan fingerprint density at radius 3 is 2.86 bits per heavy atom. The van der Waals surface area contributed by atoms with Crippen LogP contribution in [0.3, 0.4) is 0 Å². The molecule has 3 atom stereocenters. The number of nitrogens with two attached hydrogens (primary N) is 1. The summed E-state index contributed by atoms with van der Waals surface area (Å²) in [6, 6.07) is 8.53. The number of hydrogen-bond donors (Lipinski definition) is 2. The van der Waals surface area contributed by atoms with Gasteiger partial charge in [0.25, 0.3) is 0 Å². The molecule has 1 aliphatic heterocycles. The molecule has 1 saturated carbocycles. The van der Waals surface area contributed by atoms with Gasteiger partial charge in [0, 0.05) is 16.7 Å². The molecule has 116 valence electrons. The SMILES string of the molecule is Cl.NCC1CCCCC1NC(=O)C1CSc2ccccc21. The van der Waals surface area contributed by atoms with Gasteiger partial charge in [0.2, 0.25) is 5.91 Å². The molecule has 0 aromatic heterocycles. The van der Waals surface area contributed by atoms with Crippen LogP contribution in [0.5, 0.6) is 0 Å². The lowest BCUT2D eigenvalue weighted by Crippen LogP contribution is -2.46. The number of nitrogens with one attached hydrogen (secondary N) is 1. The number of benzene rings is 1. The first-order valence-corrected chi connectivity index (χ1v) is 8.50. The number of rotatable bonds is 3. The first-order valence-electron chi connectivity index (χ1n) is 7.51. The molecule has 1 heterocycles. The van der Waals surface area contributed by atoms with Gasteiger partial charge in [-0.3, -0.25) is 4.79 Å². The Hall–Kier alpha value is -0.710. The summed E-state index contributed by atoms with van der Waals surface area (Å²) in [6.07, 6.45) is 4.68. The maximum Gasteiger partial charge on any atom is 0.228 e. The molecule has 3 N–H and O–H groups in total. The number of halogens is 1. The lowest BCUT2D eigenvalue weighted by atomic mass is 9.84. The van der Waals surface area contributed by atoms with Gasteiger partial charge in [-0.1, -0.05) is 31.0 Å². The molecule has 0 saturated heterocycles. The van der Waals surface area contributed by atoms with E-state index in [0.717, 1.165) is 18.6 Å². The van der Waals surface area contributed by atoms with Crippen LogP contribution in [0.2, 0.25) is 0 Å². The third-order valence-electron chi connectivity index (χ3n) is 4.56. The zero-order valence-corrected chi connectivity index (χ0v) is 13.7. The van der Waals surface area contributed by atoms with Gasteiger partial charge in [-0.2, -0.15) is 0 Å². The van der Waals surface area contributed by atoms with E-state index in [4.69, 9.17) is 5.73 Å². The average molecular weight is 327 g/mol. The summed E-state index contributed by atoms with van der Waals surface area (Å²) in [5.41, 5.74) is 7.03. The lowest BCUT2D eigenvalue weighted by Gasteiger charge is -2.32. The summed E-state index contributed by atoms with van der Waals surface area (Å²) in [4.78, 5) is 13.8. The van der Waals surface area contributed by atoms with Gasteiger partial charge in [0.1, 0.15) is 0 Å². The Morgan fingerprint density at radius 2 is 2.05 bits per heavy atom. The van der Waals surface area contributed by atoms with Crippen LogP contribution in [0.15, 0.2) is 29.2 Å². The number of hydrogen-bond acceptors (Lipinski definition) is 3. The van der Waals surface area contributed by atoms with Gasteiger partial charge in [0.15, 0.2) is 0 Å². The maximum absolute atomic E-state index is 12.6. The lowest BCUT2D eigenvalue weighted by molar-refractivity contribution is -0.123. The van der Waals surface area contributed by atoms with Crippen LogP contribution in [0.25, 0.3) is 0 Å². The molecule has 1 fully saturated rings. The largest absolute Gasteiger partial charge is 0.352 e. The number of carbonyl (C=O) groups is 1. The van der Waals surface area contributed by atoms with E-state index < -0.39 is 0 Å². The Morgan fingerprint density at radius 1 is 1.29 bits per heavy atom. The third kappa shape index (κ3) is 3.55. The number of thioether (sulfide) groups is 1. The average Bonchev–Trinajstić information content (AvgIpc) is 2.92. The van der Waals surface area contributed by atoms with Crippen molar-refractivity contribution in [3.05, 3.63) is 29.8 Å². The smallest absolute Gasteiger partial charge is 0.228 e. The van der Waals surface area contributed by atoms with E-state index >= 15 is 0 Å². The predicted molar refractivity (Wildman–Crippen MR) is 90.1 cm³/mol. The van der Waals surface area contributed by atoms with Gasteiger partial charge in [-0.05, 0) is 36.9 Å². The van der Waals surface area contributed by atoms with Crippen molar-refractivity contribution in [1.82, 2.24) is 5.32 Å². The van der Waals surface area contributed by atoms with Gasteiger partial charge in [-0.25, -0.2) is 0 Å². The van der Waals surface area contributed by atoms with Crippen LogP contribution >= 0.6 is 24.2 Å². The number of carbonyl (C=O) groups excluding carboxylic acids is 1. The van der Waals surface area contributed by atoms with Crippen LogP contribution in [0, 0.1) is 5.92 Å². The monoisotopic (exact) mass is 326 g/mol. The van der Waals surface area contributed by atoms with Crippen molar-refractivity contribution >= 4 is 30.1 Å². The highest BCUT2D eigenvalue weighted by molar-refractivity contribution is 7.99. The van der Waals surface area contributed by atoms with E-state index in [0.29, 0.717) is 12.5 Å². The van der Waals surface area contributed by atoms with Crippen molar-refractivity contribution < 1.29 is 4.79 Å². The Balaban J connectivity index is 0.00000161. The molecule has 3 unspecified atom stereocenters. The van der Waals surface area contributed by atoms with Crippen LogP contribution in [0.4, 0.5) is 0 Å². The van der Waals surface area contributed by atoms with Crippen molar-refractivity contribution in [2.75, 3.05) is 12.3 Å². The highest BCUT2D eigenvalue weighted by atomic mass is 35.5. The van der Waals surface area contributed by atoms with Gasteiger partial charge < -0.3 is 11.1 Å².